The zero-order chi connectivity index (χ0) is 22.2. The molecule has 0 saturated heterocycles. The summed E-state index contributed by atoms with van der Waals surface area (Å²) in [4.78, 5) is 26.8. The molecule has 1 saturated carbocycles. The van der Waals surface area contributed by atoms with E-state index in [0.717, 1.165) is 31.2 Å². The van der Waals surface area contributed by atoms with E-state index in [0.29, 0.717) is 48.4 Å². The average Bonchev–Trinajstić information content (AvgIpc) is 3.60. The molecule has 6 nitrogen and oxygen atoms in total. The van der Waals surface area contributed by atoms with Crippen molar-refractivity contribution < 1.29 is 19.1 Å². The number of hydrogen-bond donors (Lipinski definition) is 1. The molecule has 0 unspecified atom stereocenters. The topological polar surface area (TPSA) is 67.9 Å². The summed E-state index contributed by atoms with van der Waals surface area (Å²) in [7, 11) is 1.77. The van der Waals surface area contributed by atoms with E-state index >= 15 is 0 Å². The van der Waals surface area contributed by atoms with Gasteiger partial charge in [-0.05, 0) is 61.6 Å². The summed E-state index contributed by atoms with van der Waals surface area (Å²) in [5.41, 5.74) is 2.16. The molecule has 0 bridgehead atoms. The van der Waals surface area contributed by atoms with E-state index in [-0.39, 0.29) is 11.8 Å². The first-order chi connectivity index (χ1) is 15.0. The number of carbonyl (C=O) groups is 2. The fraction of sp³-hybridized carbons (Fsp3) is 0.440. The van der Waals surface area contributed by atoms with E-state index in [1.807, 2.05) is 38.1 Å². The Bertz CT molecular complexity index is 891. The molecule has 2 aromatic carbocycles. The van der Waals surface area contributed by atoms with Crippen LogP contribution < -0.4 is 14.8 Å². The molecule has 31 heavy (non-hydrogen) atoms. The van der Waals surface area contributed by atoms with Gasteiger partial charge in [0.1, 0.15) is 0 Å². The first-order valence-electron chi connectivity index (χ1n) is 11.1. The third kappa shape index (κ3) is 6.48. The highest BCUT2D eigenvalue weighted by Gasteiger charge is 2.23. The van der Waals surface area contributed by atoms with Crippen LogP contribution in [0, 0.1) is 0 Å². The smallest absolute Gasteiger partial charge is 0.254 e. The summed E-state index contributed by atoms with van der Waals surface area (Å²) in [5.74, 6) is 1.12. The fourth-order valence-electron chi connectivity index (χ4n) is 3.12. The Morgan fingerprint density at radius 1 is 0.935 bits per heavy atom. The van der Waals surface area contributed by atoms with Gasteiger partial charge in [-0.25, -0.2) is 0 Å². The lowest BCUT2D eigenvalue weighted by Gasteiger charge is -2.19. The van der Waals surface area contributed by atoms with Gasteiger partial charge in [-0.1, -0.05) is 26.0 Å². The lowest BCUT2D eigenvalue weighted by atomic mass is 10.1. The maximum Gasteiger partial charge on any atom is 0.254 e. The molecule has 0 aliphatic heterocycles. The molecule has 0 heterocycles. The van der Waals surface area contributed by atoms with Crippen LogP contribution in [0.4, 0.5) is 0 Å². The molecule has 2 aromatic rings. The number of nitrogens with one attached hydrogen (secondary N) is 1. The van der Waals surface area contributed by atoms with E-state index in [4.69, 9.17) is 9.47 Å². The zero-order valence-electron chi connectivity index (χ0n) is 18.6. The lowest BCUT2D eigenvalue weighted by Crippen LogP contribution is -2.27. The minimum absolute atomic E-state index is 0.0385. The van der Waals surface area contributed by atoms with Gasteiger partial charge >= 0.3 is 0 Å². The molecule has 2 amide bonds. The van der Waals surface area contributed by atoms with Crippen LogP contribution in [-0.4, -0.2) is 43.0 Å². The zero-order valence-corrected chi connectivity index (χ0v) is 18.6. The van der Waals surface area contributed by atoms with Crippen molar-refractivity contribution in [1.29, 1.82) is 0 Å². The molecule has 0 atom stereocenters. The maximum atomic E-state index is 13.0. The Morgan fingerprint density at radius 2 is 1.55 bits per heavy atom. The molecular formula is C25H32N2O4. The molecule has 0 spiro atoms. The van der Waals surface area contributed by atoms with Crippen LogP contribution in [0.3, 0.4) is 0 Å². The Morgan fingerprint density at radius 3 is 2.16 bits per heavy atom. The van der Waals surface area contributed by atoms with Gasteiger partial charge in [0.15, 0.2) is 11.5 Å². The minimum atomic E-state index is -0.0982. The standard InChI is InChI=1S/C25H32N2O4/c1-4-14-30-22-13-10-20(16-23(22)31-15-5-2)25(29)27(3)17-18-6-8-19(9-7-18)24(28)26-21-11-12-21/h6-10,13,16,21H,4-5,11-12,14-15,17H2,1-3H3,(H,26,28). The number of rotatable bonds is 11. The van der Waals surface area contributed by atoms with E-state index in [2.05, 4.69) is 5.32 Å². The van der Waals surface area contributed by atoms with Crippen molar-refractivity contribution in [2.24, 2.45) is 0 Å². The highest BCUT2D eigenvalue weighted by Crippen LogP contribution is 2.29. The Hall–Kier alpha value is -3.02. The molecule has 3 rings (SSSR count). The summed E-state index contributed by atoms with van der Waals surface area (Å²) in [6, 6.07) is 13.1. The van der Waals surface area contributed by atoms with Gasteiger partial charge in [0, 0.05) is 30.8 Å². The van der Waals surface area contributed by atoms with Gasteiger partial charge < -0.3 is 19.7 Å². The van der Waals surface area contributed by atoms with E-state index < -0.39 is 0 Å². The average molecular weight is 425 g/mol. The Balaban J connectivity index is 1.64. The van der Waals surface area contributed by atoms with Crippen molar-refractivity contribution in [3.63, 3.8) is 0 Å². The van der Waals surface area contributed by atoms with Crippen molar-refractivity contribution in [2.45, 2.75) is 52.1 Å². The number of ether oxygens (including phenoxy) is 2. The molecule has 1 fully saturated rings. The van der Waals surface area contributed by atoms with E-state index in [1.54, 1.807) is 30.1 Å². The number of benzene rings is 2. The van der Waals surface area contributed by atoms with Crippen LogP contribution in [0.2, 0.25) is 0 Å². The van der Waals surface area contributed by atoms with Crippen molar-refractivity contribution in [3.05, 3.63) is 59.2 Å². The molecular weight excluding hydrogens is 392 g/mol. The summed E-state index contributed by atoms with van der Waals surface area (Å²) in [5, 5.41) is 2.98. The number of hydrogen-bond acceptors (Lipinski definition) is 4. The van der Waals surface area contributed by atoms with Gasteiger partial charge in [-0.15, -0.1) is 0 Å². The van der Waals surface area contributed by atoms with Gasteiger partial charge in [0.05, 0.1) is 13.2 Å². The monoisotopic (exact) mass is 424 g/mol. The van der Waals surface area contributed by atoms with Crippen LogP contribution in [0.1, 0.15) is 65.8 Å². The molecule has 166 valence electrons. The summed E-state index contributed by atoms with van der Waals surface area (Å²) in [6.07, 6.45) is 3.90. The molecule has 0 radical (unpaired) electrons. The van der Waals surface area contributed by atoms with E-state index in [1.165, 1.54) is 0 Å². The highest BCUT2D eigenvalue weighted by atomic mass is 16.5. The third-order valence-electron chi connectivity index (χ3n) is 5.01. The van der Waals surface area contributed by atoms with Crippen LogP contribution in [-0.2, 0) is 6.54 Å². The summed E-state index contributed by atoms with van der Waals surface area (Å²) >= 11 is 0. The van der Waals surface area contributed by atoms with Gasteiger partial charge in [0.25, 0.3) is 11.8 Å². The second-order valence-corrected chi connectivity index (χ2v) is 7.96. The highest BCUT2D eigenvalue weighted by molar-refractivity contribution is 5.95. The van der Waals surface area contributed by atoms with Crippen molar-refractivity contribution >= 4 is 11.8 Å². The normalized spacial score (nSPS) is 12.9. The predicted octanol–water partition coefficient (Wildman–Crippen LogP) is 4.43. The number of amides is 2. The van der Waals surface area contributed by atoms with Crippen molar-refractivity contribution in [2.75, 3.05) is 20.3 Å². The summed E-state index contributed by atoms with van der Waals surface area (Å²) < 4.78 is 11.6. The minimum Gasteiger partial charge on any atom is -0.490 e. The first kappa shape index (κ1) is 22.7. The summed E-state index contributed by atoms with van der Waals surface area (Å²) in [6.45, 7) is 5.70. The number of nitrogens with zero attached hydrogens (tertiary/aromatic N) is 1. The Labute approximate surface area is 184 Å². The van der Waals surface area contributed by atoms with E-state index in [9.17, 15) is 9.59 Å². The first-order valence-corrected chi connectivity index (χ1v) is 11.1. The molecule has 1 aliphatic rings. The largest absolute Gasteiger partial charge is 0.490 e. The van der Waals surface area contributed by atoms with Crippen molar-refractivity contribution in [1.82, 2.24) is 10.2 Å². The molecule has 6 heteroatoms. The van der Waals surface area contributed by atoms with Crippen LogP contribution in [0.5, 0.6) is 11.5 Å². The molecule has 1 aliphatic carbocycles. The predicted molar refractivity (Wildman–Crippen MR) is 121 cm³/mol. The molecule has 0 aromatic heterocycles. The number of carbonyl (C=O) groups excluding carboxylic acids is 2. The second-order valence-electron chi connectivity index (χ2n) is 7.96. The second kappa shape index (κ2) is 10.8. The van der Waals surface area contributed by atoms with Gasteiger partial charge in [0.2, 0.25) is 0 Å². The van der Waals surface area contributed by atoms with Crippen LogP contribution >= 0.6 is 0 Å². The Kier molecular flexibility index (Phi) is 7.93. The van der Waals surface area contributed by atoms with Crippen molar-refractivity contribution in [3.8, 4) is 11.5 Å². The maximum absolute atomic E-state index is 13.0. The van der Waals surface area contributed by atoms with Gasteiger partial charge in [-0.2, -0.15) is 0 Å². The fourth-order valence-corrected chi connectivity index (χ4v) is 3.12. The molecule has 1 N–H and O–H groups in total. The van der Waals surface area contributed by atoms with Crippen LogP contribution in [0.25, 0.3) is 0 Å². The quantitative estimate of drug-likeness (QED) is 0.579. The van der Waals surface area contributed by atoms with Crippen LogP contribution in [0.15, 0.2) is 42.5 Å². The lowest BCUT2D eigenvalue weighted by molar-refractivity contribution is 0.0784. The van der Waals surface area contributed by atoms with Gasteiger partial charge in [-0.3, -0.25) is 9.59 Å². The SMILES string of the molecule is CCCOc1ccc(C(=O)N(C)Cc2ccc(C(=O)NC3CC3)cc2)cc1OCCC. The third-order valence-corrected chi connectivity index (χ3v) is 5.01.